The molecule has 2 atom stereocenters. The zero-order valence-electron chi connectivity index (χ0n) is 33.1. The van der Waals surface area contributed by atoms with E-state index >= 15 is 0 Å². The second-order valence-corrected chi connectivity index (χ2v) is 15.8. The molecule has 8 nitrogen and oxygen atoms in total. The molecule has 0 saturated heterocycles. The number of aryl methyl sites for hydroxylation is 2. The first-order valence-electron chi connectivity index (χ1n) is 19.6. The van der Waals surface area contributed by atoms with Gasteiger partial charge in [0.25, 0.3) is 11.8 Å². The van der Waals surface area contributed by atoms with Gasteiger partial charge in [-0.05, 0) is 94.0 Å². The Morgan fingerprint density at radius 1 is 0.868 bits per heavy atom. The van der Waals surface area contributed by atoms with Gasteiger partial charge in [0.2, 0.25) is 0 Å². The van der Waals surface area contributed by atoms with Crippen molar-refractivity contribution in [2.45, 2.75) is 117 Å². The van der Waals surface area contributed by atoms with Gasteiger partial charge in [-0.1, -0.05) is 107 Å². The minimum atomic E-state index is -0.771. The molecule has 2 N–H and O–H groups in total. The normalized spacial score (nSPS) is 15.2. The van der Waals surface area contributed by atoms with Gasteiger partial charge in [0, 0.05) is 23.2 Å². The predicted octanol–water partition coefficient (Wildman–Crippen LogP) is 7.90. The maximum absolute atomic E-state index is 14.7. The summed E-state index contributed by atoms with van der Waals surface area (Å²) in [6.45, 7) is 14.4. The number of amides is 2. The van der Waals surface area contributed by atoms with Crippen LogP contribution < -0.4 is 0 Å². The molecule has 288 valence electrons. The van der Waals surface area contributed by atoms with Gasteiger partial charge in [-0.25, -0.2) is 0 Å². The highest BCUT2D eigenvalue weighted by Gasteiger charge is 2.41. The Kier molecular flexibility index (Phi) is 14.8. The highest BCUT2D eigenvalue weighted by molar-refractivity contribution is 5.97. The molecule has 1 aliphatic rings. The van der Waals surface area contributed by atoms with Crippen LogP contribution in [0.5, 0.6) is 0 Å². The lowest BCUT2D eigenvalue weighted by atomic mass is 9.89. The van der Waals surface area contributed by atoms with Crippen molar-refractivity contribution in [1.29, 1.82) is 0 Å². The number of β-amino-alcohol motifs (C(OH)–C–C–N with tert-alkyl or cyclic N) is 1. The Bertz CT molecular complexity index is 1660. The zero-order valence-corrected chi connectivity index (χ0v) is 33.1. The number of hydrogen-bond acceptors (Lipinski definition) is 6. The third kappa shape index (κ3) is 10.2. The van der Waals surface area contributed by atoms with Gasteiger partial charge in [-0.15, -0.1) is 0 Å². The summed E-state index contributed by atoms with van der Waals surface area (Å²) in [5, 5.41) is 21.4. The van der Waals surface area contributed by atoms with Crippen molar-refractivity contribution in [3.05, 3.63) is 106 Å². The molecule has 1 unspecified atom stereocenters. The third-order valence-electron chi connectivity index (χ3n) is 11.6. The highest BCUT2D eigenvalue weighted by atomic mass is 16.5. The second kappa shape index (κ2) is 18.8. The fraction of sp³-hybridized carbons (Fsp3) is 0.533. The molecule has 0 heterocycles. The van der Waals surface area contributed by atoms with E-state index in [1.807, 2.05) is 119 Å². The number of aliphatic hydroxyl groups excluding tert-OH is 2. The SMILES string of the molecule is CCC1(N(CCO)C(=O)c2ccccc2CCC(O)Cc2ccc(C)cc2C(=O)N(CCOC(=O)[C@@H](C)C(C)C)C(C)(C)c2ccccc2)CCCC1. The van der Waals surface area contributed by atoms with E-state index < -0.39 is 11.6 Å². The van der Waals surface area contributed by atoms with Crippen LogP contribution in [0.25, 0.3) is 0 Å². The third-order valence-corrected chi connectivity index (χ3v) is 11.6. The summed E-state index contributed by atoms with van der Waals surface area (Å²) in [5.41, 5.74) is 3.62. The molecule has 3 aromatic carbocycles. The van der Waals surface area contributed by atoms with Gasteiger partial charge in [0.15, 0.2) is 0 Å². The standard InChI is InChI=1S/C45H62N2O6/c1-8-45(24-14-15-25-45)47(26-28-48)41(50)39-19-13-12-16-35(39)22-23-38(49)31-36-21-20-33(4)30-40(36)42(51)46(27-29-53-43(52)34(5)32(2)3)44(6,7)37-17-10-9-11-18-37/h9-13,16-21,30,32,34,38,48-49H,8,14-15,22-29,31H2,1-7H3/t34-,38?/m0/s1. The first-order chi connectivity index (χ1) is 25.3. The second-order valence-electron chi connectivity index (χ2n) is 15.8. The van der Waals surface area contributed by atoms with Crippen LogP contribution in [-0.2, 0) is 27.9 Å². The summed E-state index contributed by atoms with van der Waals surface area (Å²) in [6, 6.07) is 23.2. The number of nitrogens with zero attached hydrogens (tertiary/aromatic N) is 2. The summed E-state index contributed by atoms with van der Waals surface area (Å²) in [5.74, 6) is -0.658. The Morgan fingerprint density at radius 3 is 2.17 bits per heavy atom. The van der Waals surface area contributed by atoms with Gasteiger partial charge >= 0.3 is 5.97 Å². The van der Waals surface area contributed by atoms with Crippen molar-refractivity contribution in [2.75, 3.05) is 26.3 Å². The molecule has 1 fully saturated rings. The molecule has 0 radical (unpaired) electrons. The zero-order chi connectivity index (χ0) is 38.8. The average molecular weight is 727 g/mol. The van der Waals surface area contributed by atoms with Crippen LogP contribution >= 0.6 is 0 Å². The molecule has 1 saturated carbocycles. The quantitative estimate of drug-likeness (QED) is 0.129. The predicted molar refractivity (Wildman–Crippen MR) is 211 cm³/mol. The molecule has 4 rings (SSSR count). The van der Waals surface area contributed by atoms with Crippen molar-refractivity contribution in [2.24, 2.45) is 11.8 Å². The lowest BCUT2D eigenvalue weighted by Gasteiger charge is -2.41. The molecule has 0 spiro atoms. The van der Waals surface area contributed by atoms with Crippen LogP contribution in [0, 0.1) is 18.8 Å². The van der Waals surface area contributed by atoms with Crippen molar-refractivity contribution in [3.8, 4) is 0 Å². The number of esters is 1. The number of hydrogen-bond donors (Lipinski definition) is 2. The van der Waals surface area contributed by atoms with E-state index in [0.717, 1.165) is 54.4 Å². The van der Waals surface area contributed by atoms with E-state index in [0.29, 0.717) is 30.5 Å². The number of carbonyl (C=O) groups is 3. The summed E-state index contributed by atoms with van der Waals surface area (Å²) >= 11 is 0. The van der Waals surface area contributed by atoms with Crippen molar-refractivity contribution >= 4 is 17.8 Å². The Labute approximate surface area is 317 Å². The summed E-state index contributed by atoms with van der Waals surface area (Å²) in [6.07, 6.45) is 5.25. The Balaban J connectivity index is 1.55. The average Bonchev–Trinajstić information content (AvgIpc) is 3.65. The van der Waals surface area contributed by atoms with Crippen LogP contribution in [-0.4, -0.2) is 75.7 Å². The van der Waals surface area contributed by atoms with Gasteiger partial charge in [-0.2, -0.15) is 0 Å². The van der Waals surface area contributed by atoms with E-state index in [4.69, 9.17) is 4.74 Å². The number of rotatable bonds is 18. The van der Waals surface area contributed by atoms with E-state index in [2.05, 4.69) is 6.92 Å². The number of aliphatic hydroxyl groups is 2. The number of carbonyl (C=O) groups excluding carboxylic acids is 3. The molecular formula is C45H62N2O6. The summed E-state index contributed by atoms with van der Waals surface area (Å²) in [4.78, 5) is 45.2. The maximum Gasteiger partial charge on any atom is 0.308 e. The molecule has 0 bridgehead atoms. The molecule has 53 heavy (non-hydrogen) atoms. The van der Waals surface area contributed by atoms with Crippen LogP contribution in [0.2, 0.25) is 0 Å². The maximum atomic E-state index is 14.7. The Morgan fingerprint density at radius 2 is 1.53 bits per heavy atom. The molecule has 3 aromatic rings. The number of benzene rings is 3. The lowest BCUT2D eigenvalue weighted by molar-refractivity contribution is -0.150. The van der Waals surface area contributed by atoms with E-state index in [-0.39, 0.29) is 61.3 Å². The van der Waals surface area contributed by atoms with Gasteiger partial charge in [0.1, 0.15) is 6.61 Å². The lowest BCUT2D eigenvalue weighted by Crippen LogP contribution is -2.51. The monoisotopic (exact) mass is 726 g/mol. The molecular weight excluding hydrogens is 665 g/mol. The van der Waals surface area contributed by atoms with E-state index in [9.17, 15) is 24.6 Å². The fourth-order valence-electron chi connectivity index (χ4n) is 7.76. The van der Waals surface area contributed by atoms with E-state index in [1.54, 1.807) is 4.90 Å². The topological polar surface area (TPSA) is 107 Å². The highest BCUT2D eigenvalue weighted by Crippen LogP contribution is 2.39. The van der Waals surface area contributed by atoms with Crippen LogP contribution in [0.1, 0.15) is 123 Å². The summed E-state index contributed by atoms with van der Waals surface area (Å²) in [7, 11) is 0. The largest absolute Gasteiger partial charge is 0.464 e. The van der Waals surface area contributed by atoms with Crippen LogP contribution in [0.4, 0.5) is 0 Å². The first kappa shape index (κ1) is 41.7. The Hall–Kier alpha value is -4.01. The van der Waals surface area contributed by atoms with E-state index in [1.165, 1.54) is 0 Å². The van der Waals surface area contributed by atoms with Gasteiger partial charge in [0.05, 0.1) is 30.7 Å². The molecule has 8 heteroatoms. The smallest absolute Gasteiger partial charge is 0.308 e. The first-order valence-corrected chi connectivity index (χ1v) is 19.6. The van der Waals surface area contributed by atoms with Crippen molar-refractivity contribution < 1.29 is 29.3 Å². The molecule has 0 aromatic heterocycles. The van der Waals surface area contributed by atoms with Crippen LogP contribution in [0.15, 0.2) is 72.8 Å². The summed E-state index contributed by atoms with van der Waals surface area (Å²) < 4.78 is 5.69. The molecule has 1 aliphatic carbocycles. The van der Waals surface area contributed by atoms with Crippen molar-refractivity contribution in [3.63, 3.8) is 0 Å². The fourth-order valence-corrected chi connectivity index (χ4v) is 7.76. The minimum Gasteiger partial charge on any atom is -0.464 e. The molecule has 0 aliphatic heterocycles. The van der Waals surface area contributed by atoms with Gasteiger partial charge in [-0.3, -0.25) is 14.4 Å². The van der Waals surface area contributed by atoms with Gasteiger partial charge < -0.3 is 24.7 Å². The number of ether oxygens (including phenoxy) is 1. The molecule has 2 amide bonds. The minimum absolute atomic E-state index is 0.0644. The van der Waals surface area contributed by atoms with Crippen LogP contribution in [0.3, 0.4) is 0 Å². The van der Waals surface area contributed by atoms with Crippen molar-refractivity contribution in [1.82, 2.24) is 9.80 Å².